The lowest BCUT2D eigenvalue weighted by Gasteiger charge is -2.25. The van der Waals surface area contributed by atoms with E-state index in [1.807, 2.05) is 31.2 Å². The Labute approximate surface area is 157 Å². The van der Waals surface area contributed by atoms with Crippen molar-refractivity contribution < 1.29 is 12.8 Å². The molecule has 0 spiro atoms. The summed E-state index contributed by atoms with van der Waals surface area (Å²) in [5, 5.41) is 0.455. The van der Waals surface area contributed by atoms with Crippen molar-refractivity contribution in [3.05, 3.63) is 94.8 Å². The molecule has 0 aliphatic heterocycles. The minimum atomic E-state index is -3.85. The van der Waals surface area contributed by atoms with Crippen molar-refractivity contribution in [1.29, 1.82) is 0 Å². The van der Waals surface area contributed by atoms with Crippen LogP contribution in [-0.2, 0) is 16.6 Å². The van der Waals surface area contributed by atoms with Crippen LogP contribution < -0.4 is 4.31 Å². The van der Waals surface area contributed by atoms with Crippen LogP contribution in [0, 0.1) is 12.7 Å². The van der Waals surface area contributed by atoms with Gasteiger partial charge in [0.1, 0.15) is 5.82 Å². The van der Waals surface area contributed by atoms with Crippen molar-refractivity contribution in [3.63, 3.8) is 0 Å². The number of nitrogens with zero attached hydrogens (tertiary/aromatic N) is 1. The zero-order chi connectivity index (χ0) is 18.7. The van der Waals surface area contributed by atoms with Crippen molar-refractivity contribution >= 4 is 27.3 Å². The van der Waals surface area contributed by atoms with Gasteiger partial charge in [-0.1, -0.05) is 35.9 Å². The molecule has 0 atom stereocenters. The maximum atomic E-state index is 13.3. The van der Waals surface area contributed by atoms with Gasteiger partial charge < -0.3 is 0 Å². The van der Waals surface area contributed by atoms with Crippen LogP contribution in [0.4, 0.5) is 10.1 Å². The minimum Gasteiger partial charge on any atom is -0.262 e. The van der Waals surface area contributed by atoms with Gasteiger partial charge >= 0.3 is 0 Å². The molecule has 0 N–H and O–H groups in total. The van der Waals surface area contributed by atoms with E-state index >= 15 is 0 Å². The fourth-order valence-electron chi connectivity index (χ4n) is 2.60. The third-order valence-corrected chi connectivity index (χ3v) is 6.13. The molecule has 134 valence electrons. The van der Waals surface area contributed by atoms with Crippen LogP contribution in [0.3, 0.4) is 0 Å². The Morgan fingerprint density at radius 3 is 2.15 bits per heavy atom. The number of hydrogen-bond acceptors (Lipinski definition) is 2. The summed E-state index contributed by atoms with van der Waals surface area (Å²) >= 11 is 5.88. The van der Waals surface area contributed by atoms with E-state index in [0.29, 0.717) is 10.7 Å². The number of sulfonamides is 1. The minimum absolute atomic E-state index is 0.125. The summed E-state index contributed by atoms with van der Waals surface area (Å²) in [6, 6.07) is 19.0. The molecule has 3 nitrogen and oxygen atoms in total. The molecule has 3 aromatic rings. The second-order valence-electron chi connectivity index (χ2n) is 5.87. The molecule has 0 radical (unpaired) electrons. The SMILES string of the molecule is Cc1ccccc1CN(c1ccc(F)cc1)S(=O)(=O)c1ccc(Cl)cc1. The molecule has 0 aliphatic rings. The van der Waals surface area contributed by atoms with Gasteiger partial charge in [0.25, 0.3) is 10.0 Å². The van der Waals surface area contributed by atoms with E-state index < -0.39 is 15.8 Å². The standard InChI is InChI=1S/C20H17ClFNO2S/c1-15-4-2-3-5-16(15)14-23(19-10-8-18(22)9-11-19)26(24,25)20-12-6-17(21)7-13-20/h2-13H,14H2,1H3. The fraction of sp³-hybridized carbons (Fsp3) is 0.100. The summed E-state index contributed by atoms with van der Waals surface area (Å²) in [4.78, 5) is 0.125. The highest BCUT2D eigenvalue weighted by atomic mass is 35.5. The Hall–Kier alpha value is -2.37. The van der Waals surface area contributed by atoms with Crippen molar-refractivity contribution in [2.75, 3.05) is 4.31 Å². The third kappa shape index (κ3) is 3.89. The lowest BCUT2D eigenvalue weighted by molar-refractivity contribution is 0.590. The maximum absolute atomic E-state index is 13.3. The molecule has 3 rings (SSSR count). The summed E-state index contributed by atoms with van der Waals surface area (Å²) in [5.41, 5.74) is 2.24. The first-order chi connectivity index (χ1) is 12.4. The number of halogens is 2. The molecule has 0 amide bonds. The zero-order valence-electron chi connectivity index (χ0n) is 14.1. The summed E-state index contributed by atoms with van der Waals surface area (Å²) in [7, 11) is -3.85. The Balaban J connectivity index is 2.09. The van der Waals surface area contributed by atoms with Gasteiger partial charge in [0, 0.05) is 5.02 Å². The molecular weight excluding hydrogens is 373 g/mol. The first-order valence-electron chi connectivity index (χ1n) is 7.96. The Morgan fingerprint density at radius 1 is 0.923 bits per heavy atom. The average Bonchev–Trinajstić information content (AvgIpc) is 2.62. The van der Waals surface area contributed by atoms with E-state index in [1.54, 1.807) is 0 Å². The van der Waals surface area contributed by atoms with E-state index in [4.69, 9.17) is 11.6 Å². The Morgan fingerprint density at radius 2 is 1.54 bits per heavy atom. The van der Waals surface area contributed by atoms with Gasteiger partial charge in [0.05, 0.1) is 17.1 Å². The fourth-order valence-corrected chi connectivity index (χ4v) is 4.17. The number of rotatable bonds is 5. The largest absolute Gasteiger partial charge is 0.264 e. The summed E-state index contributed by atoms with van der Waals surface area (Å²) in [5.74, 6) is -0.423. The molecule has 0 fully saturated rings. The molecule has 0 unspecified atom stereocenters. The van der Waals surface area contributed by atoms with E-state index in [0.717, 1.165) is 11.1 Å². The topological polar surface area (TPSA) is 37.4 Å². The molecule has 0 bridgehead atoms. The summed E-state index contributed by atoms with van der Waals surface area (Å²) in [6.07, 6.45) is 0. The highest BCUT2D eigenvalue weighted by Crippen LogP contribution is 2.27. The first-order valence-corrected chi connectivity index (χ1v) is 9.78. The number of hydrogen-bond donors (Lipinski definition) is 0. The summed E-state index contributed by atoms with van der Waals surface area (Å²) in [6.45, 7) is 2.07. The maximum Gasteiger partial charge on any atom is 0.264 e. The van der Waals surface area contributed by atoms with Crippen LogP contribution in [0.1, 0.15) is 11.1 Å². The van der Waals surface area contributed by atoms with Gasteiger partial charge in [-0.2, -0.15) is 0 Å². The van der Waals surface area contributed by atoms with E-state index in [2.05, 4.69) is 0 Å². The van der Waals surface area contributed by atoms with Crippen LogP contribution in [0.2, 0.25) is 5.02 Å². The van der Waals surface area contributed by atoms with Gasteiger partial charge in [-0.25, -0.2) is 12.8 Å². The quantitative estimate of drug-likeness (QED) is 0.602. The molecule has 0 saturated heterocycles. The molecular formula is C20H17ClFNO2S. The molecule has 6 heteroatoms. The Bertz CT molecular complexity index is 1000. The van der Waals surface area contributed by atoms with Gasteiger partial charge in [0.2, 0.25) is 0 Å². The molecule has 0 heterocycles. The highest BCUT2D eigenvalue weighted by molar-refractivity contribution is 7.92. The van der Waals surface area contributed by atoms with E-state index in [-0.39, 0.29) is 11.4 Å². The van der Waals surface area contributed by atoms with Gasteiger partial charge in [-0.15, -0.1) is 0 Å². The average molecular weight is 390 g/mol. The normalized spacial score (nSPS) is 11.3. The van der Waals surface area contributed by atoms with Crippen LogP contribution >= 0.6 is 11.6 Å². The first kappa shape index (κ1) is 18.4. The number of anilines is 1. The predicted molar refractivity (Wildman–Crippen MR) is 102 cm³/mol. The molecule has 0 saturated carbocycles. The molecule has 3 aromatic carbocycles. The van der Waals surface area contributed by atoms with Crippen LogP contribution in [0.5, 0.6) is 0 Å². The van der Waals surface area contributed by atoms with E-state index in [1.165, 1.54) is 52.8 Å². The van der Waals surface area contributed by atoms with Crippen molar-refractivity contribution in [2.45, 2.75) is 18.4 Å². The van der Waals surface area contributed by atoms with Crippen LogP contribution in [0.15, 0.2) is 77.7 Å². The van der Waals surface area contributed by atoms with Crippen molar-refractivity contribution in [1.82, 2.24) is 0 Å². The molecule has 26 heavy (non-hydrogen) atoms. The van der Waals surface area contributed by atoms with E-state index in [9.17, 15) is 12.8 Å². The second kappa shape index (κ2) is 7.48. The number of benzene rings is 3. The summed E-state index contributed by atoms with van der Waals surface area (Å²) < 4.78 is 41.1. The second-order valence-corrected chi connectivity index (χ2v) is 8.17. The Kier molecular flexibility index (Phi) is 5.30. The number of aryl methyl sites for hydroxylation is 1. The smallest absolute Gasteiger partial charge is 0.262 e. The van der Waals surface area contributed by atoms with Gasteiger partial charge in [0.15, 0.2) is 0 Å². The van der Waals surface area contributed by atoms with Crippen molar-refractivity contribution in [2.24, 2.45) is 0 Å². The predicted octanol–water partition coefficient (Wildman–Crippen LogP) is 5.18. The van der Waals surface area contributed by atoms with Crippen molar-refractivity contribution in [3.8, 4) is 0 Å². The monoisotopic (exact) mass is 389 g/mol. The van der Waals surface area contributed by atoms with Gasteiger partial charge in [-0.05, 0) is 66.6 Å². The molecule has 0 aliphatic carbocycles. The third-order valence-electron chi connectivity index (χ3n) is 4.09. The van der Waals surface area contributed by atoms with Gasteiger partial charge in [-0.3, -0.25) is 4.31 Å². The lowest BCUT2D eigenvalue weighted by atomic mass is 10.1. The molecule has 0 aromatic heterocycles. The lowest BCUT2D eigenvalue weighted by Crippen LogP contribution is -2.30. The van der Waals surface area contributed by atoms with Crippen LogP contribution in [0.25, 0.3) is 0 Å². The zero-order valence-corrected chi connectivity index (χ0v) is 15.6. The van der Waals surface area contributed by atoms with Crippen LogP contribution in [-0.4, -0.2) is 8.42 Å². The highest BCUT2D eigenvalue weighted by Gasteiger charge is 2.25.